The minimum Gasteiger partial charge on any atom is -0.616 e. The molecule has 6 nitrogen and oxygen atoms in total. The maximum Gasteiger partial charge on any atom is 0.224 e. The van der Waals surface area contributed by atoms with Crippen molar-refractivity contribution in [3.63, 3.8) is 0 Å². The normalized spacial score (nSPS) is 26.1. The van der Waals surface area contributed by atoms with Crippen LogP contribution in [0.4, 0.5) is 5.82 Å². The molecule has 0 unspecified atom stereocenters. The van der Waals surface area contributed by atoms with Gasteiger partial charge in [0, 0.05) is 25.5 Å². The number of hydrogen-bond acceptors (Lipinski definition) is 6. The molecule has 1 aromatic heterocycles. The number of nitrogens with zero attached hydrogens (tertiary/aromatic N) is 3. The van der Waals surface area contributed by atoms with Gasteiger partial charge in [0.15, 0.2) is 4.75 Å². The van der Waals surface area contributed by atoms with Gasteiger partial charge in [0.2, 0.25) is 5.28 Å². The van der Waals surface area contributed by atoms with Gasteiger partial charge in [-0.3, -0.25) is 0 Å². The number of hydrogen-bond donors (Lipinski definition) is 0. The molecule has 0 aromatic carbocycles. The molecule has 0 aliphatic carbocycles. The van der Waals surface area contributed by atoms with Gasteiger partial charge in [0.25, 0.3) is 0 Å². The number of ether oxygens (including phenoxy) is 2. The Labute approximate surface area is 144 Å². The van der Waals surface area contributed by atoms with Gasteiger partial charge in [-0.25, -0.2) is 9.97 Å². The van der Waals surface area contributed by atoms with Crippen LogP contribution in [0.2, 0.25) is 5.28 Å². The van der Waals surface area contributed by atoms with Crippen molar-refractivity contribution in [1.82, 2.24) is 9.97 Å². The molecule has 128 valence electrons. The van der Waals surface area contributed by atoms with Gasteiger partial charge in [0.05, 0.1) is 38.7 Å². The molecule has 8 heteroatoms. The van der Waals surface area contributed by atoms with E-state index in [4.69, 9.17) is 21.1 Å². The Kier molecular flexibility index (Phi) is 5.32. The van der Waals surface area contributed by atoms with Crippen molar-refractivity contribution >= 4 is 28.6 Å². The van der Waals surface area contributed by atoms with Crippen LogP contribution in [-0.2, 0) is 25.4 Å². The molecule has 0 radical (unpaired) electrons. The summed E-state index contributed by atoms with van der Waals surface area (Å²) in [6.07, 6.45) is 3.10. The monoisotopic (exact) mass is 359 g/mol. The summed E-state index contributed by atoms with van der Waals surface area (Å²) in [7, 11) is 0. The van der Waals surface area contributed by atoms with E-state index in [1.807, 2.05) is 6.07 Å². The predicted molar refractivity (Wildman–Crippen MR) is 90.5 cm³/mol. The molecule has 0 amide bonds. The Morgan fingerprint density at radius 3 is 2.70 bits per heavy atom. The van der Waals surface area contributed by atoms with Crippen LogP contribution in [0.15, 0.2) is 6.07 Å². The highest BCUT2D eigenvalue weighted by Gasteiger charge is 2.45. The second-order valence-electron chi connectivity index (χ2n) is 6.06. The van der Waals surface area contributed by atoms with E-state index in [0.717, 1.165) is 18.1 Å². The molecule has 2 atom stereocenters. The fraction of sp³-hybridized carbons (Fsp3) is 0.733. The van der Waals surface area contributed by atoms with Crippen LogP contribution in [0.3, 0.4) is 0 Å². The van der Waals surface area contributed by atoms with E-state index in [1.54, 1.807) is 6.26 Å². The van der Waals surface area contributed by atoms with E-state index in [9.17, 15) is 4.55 Å². The quantitative estimate of drug-likeness (QED) is 0.604. The lowest BCUT2D eigenvalue weighted by molar-refractivity contribution is 0.0731. The van der Waals surface area contributed by atoms with E-state index in [0.29, 0.717) is 39.3 Å². The van der Waals surface area contributed by atoms with Crippen molar-refractivity contribution in [2.45, 2.75) is 30.6 Å². The third kappa shape index (κ3) is 3.44. The average molecular weight is 360 g/mol. The molecule has 0 saturated carbocycles. The van der Waals surface area contributed by atoms with Crippen LogP contribution in [0.5, 0.6) is 0 Å². The Bertz CT molecular complexity index is 555. The van der Waals surface area contributed by atoms with Gasteiger partial charge in [-0.15, -0.1) is 0 Å². The first-order chi connectivity index (χ1) is 11.0. The molecule has 2 aliphatic rings. The molecule has 2 fully saturated rings. The smallest absolute Gasteiger partial charge is 0.224 e. The molecule has 3 rings (SSSR count). The van der Waals surface area contributed by atoms with Gasteiger partial charge in [-0.2, -0.15) is 0 Å². The lowest BCUT2D eigenvalue weighted by atomic mass is 9.94. The Hall–Kier alpha value is -0.600. The zero-order valence-corrected chi connectivity index (χ0v) is 15.0. The number of aromatic nitrogens is 2. The number of morpholine rings is 1. The molecule has 0 N–H and O–H groups in total. The second kappa shape index (κ2) is 7.11. The summed E-state index contributed by atoms with van der Waals surface area (Å²) in [4.78, 5) is 11.0. The largest absolute Gasteiger partial charge is 0.616 e. The van der Waals surface area contributed by atoms with E-state index in [2.05, 4.69) is 21.8 Å². The van der Waals surface area contributed by atoms with E-state index in [-0.39, 0.29) is 11.3 Å². The molecular formula is C15H22ClN3O3S. The van der Waals surface area contributed by atoms with Crippen LogP contribution in [0, 0.1) is 0 Å². The summed E-state index contributed by atoms with van der Waals surface area (Å²) in [5.41, 5.74) is 0.760. The highest BCUT2D eigenvalue weighted by atomic mass is 35.5. The SMILES string of the molecule is C[C@@H]1COCCN1c1cc(C2([S@+](C)[O-])CCOCC2)nc(Cl)n1. The van der Waals surface area contributed by atoms with E-state index < -0.39 is 15.9 Å². The zero-order valence-electron chi connectivity index (χ0n) is 13.5. The third-order valence-electron chi connectivity index (χ3n) is 4.66. The minimum absolute atomic E-state index is 0.201. The van der Waals surface area contributed by atoms with Crippen LogP contribution in [-0.4, -0.2) is 59.8 Å². The first kappa shape index (κ1) is 17.2. The van der Waals surface area contributed by atoms with Crippen LogP contribution < -0.4 is 4.90 Å². The molecule has 2 aliphatic heterocycles. The number of halogens is 1. The molecule has 0 bridgehead atoms. The fourth-order valence-corrected chi connectivity index (χ4v) is 4.56. The van der Waals surface area contributed by atoms with E-state index in [1.165, 1.54) is 0 Å². The summed E-state index contributed by atoms with van der Waals surface area (Å²) in [6, 6.07) is 2.17. The number of anilines is 1. The van der Waals surface area contributed by atoms with Crippen molar-refractivity contribution in [2.75, 3.05) is 44.1 Å². The van der Waals surface area contributed by atoms with Crippen LogP contribution >= 0.6 is 11.6 Å². The Morgan fingerprint density at radius 1 is 1.30 bits per heavy atom. The molecule has 0 spiro atoms. The van der Waals surface area contributed by atoms with Crippen molar-refractivity contribution < 1.29 is 14.0 Å². The summed E-state index contributed by atoms with van der Waals surface area (Å²) < 4.78 is 22.9. The molecule has 3 heterocycles. The van der Waals surface area contributed by atoms with E-state index >= 15 is 0 Å². The third-order valence-corrected chi connectivity index (χ3v) is 6.55. The lowest BCUT2D eigenvalue weighted by Gasteiger charge is -2.38. The molecule has 23 heavy (non-hydrogen) atoms. The maximum absolute atomic E-state index is 12.5. The second-order valence-corrected chi connectivity index (χ2v) is 8.09. The highest BCUT2D eigenvalue weighted by molar-refractivity contribution is 7.91. The molecule has 1 aromatic rings. The topological polar surface area (TPSA) is 70.5 Å². The van der Waals surface area contributed by atoms with Gasteiger partial charge in [-0.1, -0.05) is 0 Å². The summed E-state index contributed by atoms with van der Waals surface area (Å²) in [6.45, 7) is 5.36. The van der Waals surface area contributed by atoms with Crippen molar-refractivity contribution in [3.8, 4) is 0 Å². The van der Waals surface area contributed by atoms with Gasteiger partial charge >= 0.3 is 0 Å². The van der Waals surface area contributed by atoms with Gasteiger partial charge in [0.1, 0.15) is 11.5 Å². The highest BCUT2D eigenvalue weighted by Crippen LogP contribution is 2.40. The first-order valence-corrected chi connectivity index (χ1v) is 9.77. The van der Waals surface area contributed by atoms with Crippen LogP contribution in [0.1, 0.15) is 25.5 Å². The Morgan fingerprint density at radius 2 is 2.04 bits per heavy atom. The standard InChI is InChI=1S/C15H22ClN3O3S/c1-11-10-22-8-5-19(11)13-9-12(17-14(16)18-13)15(23(2)20)3-6-21-7-4-15/h9,11H,3-8,10H2,1-2H3/t11-,23+/m1/s1. The van der Waals surface area contributed by atoms with Gasteiger partial charge in [-0.05, 0) is 29.7 Å². The predicted octanol–water partition coefficient (Wildman–Crippen LogP) is 1.74. The Balaban J connectivity index is 1.99. The summed E-state index contributed by atoms with van der Waals surface area (Å²) in [5, 5.41) is 0.201. The number of rotatable bonds is 3. The zero-order chi connectivity index (χ0) is 16.4. The average Bonchev–Trinajstić information content (AvgIpc) is 2.55. The van der Waals surface area contributed by atoms with Crippen molar-refractivity contribution in [3.05, 3.63) is 17.0 Å². The van der Waals surface area contributed by atoms with Crippen LogP contribution in [0.25, 0.3) is 0 Å². The fourth-order valence-electron chi connectivity index (χ4n) is 3.25. The van der Waals surface area contributed by atoms with Crippen molar-refractivity contribution in [2.24, 2.45) is 0 Å². The summed E-state index contributed by atoms with van der Waals surface area (Å²) in [5.74, 6) is 0.784. The summed E-state index contributed by atoms with van der Waals surface area (Å²) >= 11 is 5.13. The first-order valence-electron chi connectivity index (χ1n) is 7.84. The molecular weight excluding hydrogens is 338 g/mol. The minimum atomic E-state index is -1.06. The van der Waals surface area contributed by atoms with Crippen molar-refractivity contribution in [1.29, 1.82) is 0 Å². The lowest BCUT2D eigenvalue weighted by Crippen LogP contribution is -2.45. The van der Waals surface area contributed by atoms with Gasteiger partial charge < -0.3 is 18.9 Å². The molecule has 2 saturated heterocycles. The maximum atomic E-state index is 12.5.